The number of nitrogens with one attached hydrogen (secondary N) is 1. The number of rotatable bonds is 9. The lowest BCUT2D eigenvalue weighted by Crippen LogP contribution is -2.58. The Kier molecular flexibility index (Phi) is 7.69. The van der Waals surface area contributed by atoms with Crippen LogP contribution in [0.25, 0.3) is 11.1 Å². The van der Waals surface area contributed by atoms with Gasteiger partial charge in [-0.15, -0.1) is 0 Å². The highest BCUT2D eigenvalue weighted by molar-refractivity contribution is 7.98. The van der Waals surface area contributed by atoms with Crippen molar-refractivity contribution in [3.63, 3.8) is 0 Å². The maximum Gasteiger partial charge on any atom is 0.407 e. The van der Waals surface area contributed by atoms with E-state index >= 15 is 0 Å². The number of carboxylic acids is 1. The number of likely N-dealkylation sites (tertiary alicyclic amines) is 1. The van der Waals surface area contributed by atoms with Gasteiger partial charge in [0.05, 0.1) is 0 Å². The number of ether oxygens (including phenoxy) is 1. The molecular formula is C27H32N2O5S. The molecule has 1 heterocycles. The number of benzene rings is 2. The molecule has 35 heavy (non-hydrogen) atoms. The molecule has 1 aliphatic carbocycles. The van der Waals surface area contributed by atoms with Crippen LogP contribution < -0.4 is 5.32 Å². The maximum atomic E-state index is 13.4. The molecular weight excluding hydrogens is 464 g/mol. The number of carbonyl (C=O) groups excluding carboxylic acids is 2. The van der Waals surface area contributed by atoms with Crippen LogP contribution in [0.4, 0.5) is 4.79 Å². The first-order valence-corrected chi connectivity index (χ1v) is 13.5. The minimum Gasteiger partial charge on any atom is -0.479 e. The Hall–Kier alpha value is -3.00. The molecule has 0 saturated carbocycles. The van der Waals surface area contributed by atoms with Gasteiger partial charge in [0.25, 0.3) is 0 Å². The van der Waals surface area contributed by atoms with Gasteiger partial charge in [-0.05, 0) is 59.9 Å². The molecule has 0 radical (unpaired) electrons. The van der Waals surface area contributed by atoms with Crippen molar-refractivity contribution in [2.24, 2.45) is 0 Å². The third-order valence-electron chi connectivity index (χ3n) is 7.28. The van der Waals surface area contributed by atoms with Gasteiger partial charge in [0, 0.05) is 12.5 Å². The monoisotopic (exact) mass is 496 g/mol. The average Bonchev–Trinajstić information content (AvgIpc) is 3.45. The van der Waals surface area contributed by atoms with E-state index in [4.69, 9.17) is 4.74 Å². The topological polar surface area (TPSA) is 95.9 Å². The summed E-state index contributed by atoms with van der Waals surface area (Å²) in [6.07, 6.45) is 3.05. The summed E-state index contributed by atoms with van der Waals surface area (Å²) in [5, 5.41) is 12.6. The standard InChI is InChI=1S/C27H32N2O5S/c1-3-27(25(31)32)14-8-15-29(27)24(30)23(13-16-35-2)28-26(33)34-17-22-20-11-6-4-9-18(20)19-10-5-7-12-21(19)22/h4-7,9-12,22-23H,3,8,13-17H2,1-2H3,(H,28,33)(H,31,32)/t23-,27?/m1/s1. The zero-order chi connectivity index (χ0) is 25.0. The molecule has 186 valence electrons. The number of carboxylic acid groups (broad SMARTS) is 1. The fraction of sp³-hybridized carbons (Fsp3) is 0.444. The highest BCUT2D eigenvalue weighted by Gasteiger charge is 2.50. The smallest absolute Gasteiger partial charge is 0.407 e. The molecule has 1 unspecified atom stereocenters. The van der Waals surface area contributed by atoms with E-state index in [1.54, 1.807) is 18.7 Å². The van der Waals surface area contributed by atoms with Gasteiger partial charge in [-0.25, -0.2) is 9.59 Å². The zero-order valence-corrected chi connectivity index (χ0v) is 21.0. The van der Waals surface area contributed by atoms with Crippen LogP contribution in [-0.4, -0.2) is 64.7 Å². The molecule has 2 N–H and O–H groups in total. The molecule has 2 atom stereocenters. The third kappa shape index (κ3) is 4.76. The van der Waals surface area contributed by atoms with Crippen LogP contribution in [0.5, 0.6) is 0 Å². The molecule has 2 amide bonds. The molecule has 0 bridgehead atoms. The molecule has 4 rings (SSSR count). The van der Waals surface area contributed by atoms with Gasteiger partial charge in [-0.1, -0.05) is 55.5 Å². The van der Waals surface area contributed by atoms with Gasteiger partial charge in [0.15, 0.2) is 0 Å². The van der Waals surface area contributed by atoms with Crippen molar-refractivity contribution < 1.29 is 24.2 Å². The number of carbonyl (C=O) groups is 3. The third-order valence-corrected chi connectivity index (χ3v) is 7.93. The Morgan fingerprint density at radius 1 is 1.14 bits per heavy atom. The second kappa shape index (κ2) is 10.7. The molecule has 1 fully saturated rings. The van der Waals surface area contributed by atoms with Crippen LogP contribution >= 0.6 is 11.8 Å². The van der Waals surface area contributed by atoms with Crippen LogP contribution in [0.2, 0.25) is 0 Å². The van der Waals surface area contributed by atoms with Crippen LogP contribution in [0.1, 0.15) is 49.7 Å². The predicted octanol–water partition coefficient (Wildman–Crippen LogP) is 4.50. The summed E-state index contributed by atoms with van der Waals surface area (Å²) >= 11 is 1.57. The molecule has 8 heteroatoms. The lowest BCUT2D eigenvalue weighted by Gasteiger charge is -2.36. The molecule has 1 aliphatic heterocycles. The minimum atomic E-state index is -1.21. The second-order valence-corrected chi connectivity index (χ2v) is 10.1. The summed E-state index contributed by atoms with van der Waals surface area (Å²) in [5.74, 6) is -0.767. The van der Waals surface area contributed by atoms with Crippen molar-refractivity contribution in [2.45, 2.75) is 50.1 Å². The molecule has 0 aromatic heterocycles. The molecule has 0 spiro atoms. The van der Waals surface area contributed by atoms with Crippen molar-refractivity contribution in [1.29, 1.82) is 0 Å². The second-order valence-electron chi connectivity index (χ2n) is 9.09. The van der Waals surface area contributed by atoms with Crippen LogP contribution in [-0.2, 0) is 14.3 Å². The Bertz CT molecular complexity index is 1060. The quantitative estimate of drug-likeness (QED) is 0.531. The summed E-state index contributed by atoms with van der Waals surface area (Å²) in [4.78, 5) is 39.8. The first-order chi connectivity index (χ1) is 16.9. The average molecular weight is 497 g/mol. The van der Waals surface area contributed by atoms with Crippen molar-refractivity contribution in [2.75, 3.05) is 25.2 Å². The SMILES string of the molecule is CCC1(C(=O)O)CCCN1C(=O)[C@@H](CCSC)NC(=O)OCC1c2ccccc2-c2ccccc21. The van der Waals surface area contributed by atoms with Crippen molar-refractivity contribution in [3.8, 4) is 11.1 Å². The summed E-state index contributed by atoms with van der Waals surface area (Å²) in [6.45, 7) is 2.32. The molecule has 2 aromatic carbocycles. The lowest BCUT2D eigenvalue weighted by molar-refractivity contribution is -0.157. The van der Waals surface area contributed by atoms with Gasteiger partial charge in [0.1, 0.15) is 18.2 Å². The van der Waals surface area contributed by atoms with Gasteiger partial charge in [0.2, 0.25) is 5.91 Å². The largest absolute Gasteiger partial charge is 0.479 e. The number of thioether (sulfide) groups is 1. The summed E-state index contributed by atoms with van der Waals surface area (Å²) in [7, 11) is 0. The maximum absolute atomic E-state index is 13.4. The van der Waals surface area contributed by atoms with Crippen molar-refractivity contribution in [1.82, 2.24) is 10.2 Å². The van der Waals surface area contributed by atoms with Gasteiger partial charge in [-0.3, -0.25) is 4.79 Å². The molecule has 7 nitrogen and oxygen atoms in total. The fourth-order valence-corrected chi connectivity index (χ4v) is 5.88. The van der Waals surface area contributed by atoms with Crippen LogP contribution in [0.15, 0.2) is 48.5 Å². The summed E-state index contributed by atoms with van der Waals surface area (Å²) in [6, 6.07) is 15.4. The number of fused-ring (bicyclic) bond motifs is 3. The minimum absolute atomic E-state index is 0.0770. The van der Waals surface area contributed by atoms with E-state index in [0.29, 0.717) is 38.0 Å². The van der Waals surface area contributed by atoms with E-state index in [0.717, 1.165) is 22.3 Å². The summed E-state index contributed by atoms with van der Waals surface area (Å²) < 4.78 is 5.64. The number of hydrogen-bond acceptors (Lipinski definition) is 5. The first-order valence-electron chi connectivity index (χ1n) is 12.1. The van der Waals surface area contributed by atoms with Gasteiger partial charge < -0.3 is 20.1 Å². The van der Waals surface area contributed by atoms with E-state index in [2.05, 4.69) is 29.6 Å². The molecule has 2 aliphatic rings. The normalized spacial score (nSPS) is 19.7. The van der Waals surface area contributed by atoms with E-state index in [1.807, 2.05) is 30.5 Å². The zero-order valence-electron chi connectivity index (χ0n) is 20.2. The van der Waals surface area contributed by atoms with Crippen molar-refractivity contribution in [3.05, 3.63) is 59.7 Å². The van der Waals surface area contributed by atoms with Gasteiger partial charge >= 0.3 is 12.1 Å². The van der Waals surface area contributed by atoms with Crippen LogP contribution in [0, 0.1) is 0 Å². The summed E-state index contributed by atoms with van der Waals surface area (Å²) in [5.41, 5.74) is 3.30. The fourth-order valence-electron chi connectivity index (χ4n) is 5.40. The Balaban J connectivity index is 1.46. The number of nitrogens with zero attached hydrogens (tertiary/aromatic N) is 1. The van der Waals surface area contributed by atoms with Gasteiger partial charge in [-0.2, -0.15) is 11.8 Å². The number of hydrogen-bond donors (Lipinski definition) is 2. The number of aliphatic carboxylic acids is 1. The van der Waals surface area contributed by atoms with E-state index in [-0.39, 0.29) is 18.4 Å². The molecule has 2 aromatic rings. The highest BCUT2D eigenvalue weighted by Crippen LogP contribution is 2.44. The Labute approximate surface area is 210 Å². The number of alkyl carbamates (subject to hydrolysis) is 1. The highest BCUT2D eigenvalue weighted by atomic mass is 32.2. The molecule has 1 saturated heterocycles. The Morgan fingerprint density at radius 3 is 2.34 bits per heavy atom. The van der Waals surface area contributed by atoms with E-state index < -0.39 is 23.6 Å². The lowest BCUT2D eigenvalue weighted by atomic mass is 9.92. The first kappa shape index (κ1) is 25.1. The van der Waals surface area contributed by atoms with E-state index in [9.17, 15) is 19.5 Å². The van der Waals surface area contributed by atoms with Crippen molar-refractivity contribution >= 4 is 29.7 Å². The predicted molar refractivity (Wildman–Crippen MR) is 137 cm³/mol. The van der Waals surface area contributed by atoms with E-state index in [1.165, 1.54) is 4.90 Å². The van der Waals surface area contributed by atoms with Crippen LogP contribution in [0.3, 0.4) is 0 Å². The Morgan fingerprint density at radius 2 is 1.77 bits per heavy atom. The number of amides is 2.